The third-order valence-corrected chi connectivity index (χ3v) is 7.37. The molecular weight excluding hydrogens is 288 g/mol. The minimum atomic E-state index is 0.815. The lowest BCUT2D eigenvalue weighted by atomic mass is 9.61. The van der Waals surface area contributed by atoms with Crippen LogP contribution in [0.5, 0.6) is 0 Å². The third kappa shape index (κ3) is 2.34. The quantitative estimate of drug-likeness (QED) is 0.580. The number of benzene rings is 2. The molecule has 2 aromatic rings. The predicted molar refractivity (Wildman–Crippen MR) is 101 cm³/mol. The van der Waals surface area contributed by atoms with E-state index in [9.17, 15) is 0 Å². The van der Waals surface area contributed by atoms with Gasteiger partial charge in [-0.3, -0.25) is 0 Å². The van der Waals surface area contributed by atoms with Gasteiger partial charge in [-0.1, -0.05) is 80.3 Å². The first-order valence-corrected chi connectivity index (χ1v) is 10.1. The highest BCUT2D eigenvalue weighted by Crippen LogP contribution is 2.59. The zero-order valence-corrected chi connectivity index (χ0v) is 14.5. The van der Waals surface area contributed by atoms with Crippen molar-refractivity contribution < 1.29 is 0 Å². The van der Waals surface area contributed by atoms with Crippen molar-refractivity contribution in [3.8, 4) is 11.1 Å². The van der Waals surface area contributed by atoms with Gasteiger partial charge in [0.1, 0.15) is 0 Å². The summed E-state index contributed by atoms with van der Waals surface area (Å²) in [5.74, 6) is 4.75. The Hall–Kier alpha value is -1.56. The van der Waals surface area contributed by atoms with Gasteiger partial charge >= 0.3 is 0 Å². The molecule has 3 saturated carbocycles. The number of hydrogen-bond acceptors (Lipinski definition) is 0. The fourth-order valence-corrected chi connectivity index (χ4v) is 6.50. The molecule has 0 radical (unpaired) electrons. The minimum Gasteiger partial charge on any atom is -0.0622 e. The summed E-state index contributed by atoms with van der Waals surface area (Å²) < 4.78 is 0. The van der Waals surface area contributed by atoms with Crippen LogP contribution in [0.4, 0.5) is 0 Å². The lowest BCUT2D eigenvalue weighted by molar-refractivity contribution is 0.122. The zero-order valence-electron chi connectivity index (χ0n) is 14.5. The van der Waals surface area contributed by atoms with Gasteiger partial charge in [-0.25, -0.2) is 0 Å². The van der Waals surface area contributed by atoms with Crippen LogP contribution in [-0.4, -0.2) is 0 Å². The molecule has 3 aliphatic rings. The maximum absolute atomic E-state index is 2.46. The Bertz CT molecular complexity index is 681. The van der Waals surface area contributed by atoms with E-state index in [1.165, 1.54) is 49.7 Å². The molecule has 4 unspecified atom stereocenters. The molecule has 0 N–H and O–H groups in total. The molecule has 0 aliphatic heterocycles. The van der Waals surface area contributed by atoms with Gasteiger partial charge in [0.25, 0.3) is 0 Å². The molecule has 0 nitrogen and oxygen atoms in total. The number of fused-ring (bicyclic) bond motifs is 2. The molecular formula is C24H28. The van der Waals surface area contributed by atoms with Gasteiger partial charge in [-0.15, -0.1) is 0 Å². The topological polar surface area (TPSA) is 0 Å². The van der Waals surface area contributed by atoms with Gasteiger partial charge in [0.2, 0.25) is 0 Å². The SMILES string of the molecule is c1ccc(-c2ccccc2C2C3CCCC3CC3CCCC32)cc1. The minimum absolute atomic E-state index is 0.815. The molecule has 0 heteroatoms. The molecule has 0 saturated heterocycles. The molecule has 3 fully saturated rings. The van der Waals surface area contributed by atoms with Crippen molar-refractivity contribution in [2.75, 3.05) is 0 Å². The Balaban J connectivity index is 1.62. The molecule has 0 amide bonds. The van der Waals surface area contributed by atoms with Crippen LogP contribution in [0.1, 0.15) is 56.4 Å². The molecule has 24 heavy (non-hydrogen) atoms. The van der Waals surface area contributed by atoms with Crippen LogP contribution in [0.15, 0.2) is 54.6 Å². The van der Waals surface area contributed by atoms with Crippen LogP contribution in [0.2, 0.25) is 0 Å². The van der Waals surface area contributed by atoms with Crippen molar-refractivity contribution >= 4 is 0 Å². The van der Waals surface area contributed by atoms with E-state index in [0.29, 0.717) is 0 Å². The van der Waals surface area contributed by atoms with E-state index in [4.69, 9.17) is 0 Å². The van der Waals surface area contributed by atoms with E-state index in [0.717, 1.165) is 29.6 Å². The summed E-state index contributed by atoms with van der Waals surface area (Å²) in [6, 6.07) is 20.4. The highest BCUT2D eigenvalue weighted by molar-refractivity contribution is 5.68. The average molecular weight is 316 g/mol. The molecule has 5 rings (SSSR count). The first kappa shape index (κ1) is 14.8. The van der Waals surface area contributed by atoms with Gasteiger partial charge in [0.15, 0.2) is 0 Å². The Morgan fingerprint density at radius 2 is 1.25 bits per heavy atom. The smallest absolute Gasteiger partial charge is 0.00938 e. The van der Waals surface area contributed by atoms with Crippen LogP contribution in [0.25, 0.3) is 11.1 Å². The van der Waals surface area contributed by atoms with E-state index in [2.05, 4.69) is 54.6 Å². The van der Waals surface area contributed by atoms with E-state index in [1.54, 1.807) is 12.0 Å². The van der Waals surface area contributed by atoms with Crippen LogP contribution in [-0.2, 0) is 0 Å². The van der Waals surface area contributed by atoms with Crippen LogP contribution in [0, 0.1) is 23.7 Å². The van der Waals surface area contributed by atoms with Crippen LogP contribution < -0.4 is 0 Å². The van der Waals surface area contributed by atoms with E-state index in [-0.39, 0.29) is 0 Å². The van der Waals surface area contributed by atoms with Crippen molar-refractivity contribution in [3.05, 3.63) is 60.2 Å². The summed E-state index contributed by atoms with van der Waals surface area (Å²) in [6.07, 6.45) is 10.4. The predicted octanol–water partition coefficient (Wildman–Crippen LogP) is 6.67. The van der Waals surface area contributed by atoms with Crippen molar-refractivity contribution in [3.63, 3.8) is 0 Å². The second-order valence-electron chi connectivity index (χ2n) is 8.42. The summed E-state index contributed by atoms with van der Waals surface area (Å²) in [6.45, 7) is 0. The molecule has 4 atom stereocenters. The fraction of sp³-hybridized carbons (Fsp3) is 0.500. The third-order valence-electron chi connectivity index (χ3n) is 7.37. The molecule has 0 heterocycles. The second kappa shape index (κ2) is 6.06. The highest BCUT2D eigenvalue weighted by Gasteiger charge is 2.48. The monoisotopic (exact) mass is 316 g/mol. The maximum Gasteiger partial charge on any atom is -0.00938 e. The molecule has 124 valence electrons. The Morgan fingerprint density at radius 3 is 1.96 bits per heavy atom. The van der Waals surface area contributed by atoms with Gasteiger partial charge in [0, 0.05) is 0 Å². The van der Waals surface area contributed by atoms with E-state index in [1.807, 2.05) is 0 Å². The standard InChI is InChI=1S/C24H28/c1-2-8-17(9-3-1)20-12-4-5-13-23(20)24-21-14-6-10-18(21)16-19-11-7-15-22(19)24/h1-5,8-9,12-13,18-19,21-22,24H,6-7,10-11,14-16H2. The number of hydrogen-bond donors (Lipinski definition) is 0. The fourth-order valence-electron chi connectivity index (χ4n) is 6.50. The summed E-state index contributed by atoms with van der Waals surface area (Å²) >= 11 is 0. The first-order chi connectivity index (χ1) is 11.9. The second-order valence-corrected chi connectivity index (χ2v) is 8.42. The van der Waals surface area contributed by atoms with Crippen molar-refractivity contribution in [1.29, 1.82) is 0 Å². The van der Waals surface area contributed by atoms with Crippen LogP contribution >= 0.6 is 0 Å². The summed E-state index contributed by atoms with van der Waals surface area (Å²) in [7, 11) is 0. The highest BCUT2D eigenvalue weighted by atomic mass is 14.5. The van der Waals surface area contributed by atoms with E-state index >= 15 is 0 Å². The Labute approximate surface area is 146 Å². The molecule has 0 bridgehead atoms. The molecule has 2 aromatic carbocycles. The molecule has 0 spiro atoms. The van der Waals surface area contributed by atoms with Crippen molar-refractivity contribution in [2.45, 2.75) is 50.9 Å². The normalized spacial score (nSPS) is 34.8. The van der Waals surface area contributed by atoms with Crippen molar-refractivity contribution in [2.24, 2.45) is 23.7 Å². The van der Waals surface area contributed by atoms with Crippen LogP contribution in [0.3, 0.4) is 0 Å². The molecule has 0 aromatic heterocycles. The summed E-state index contributed by atoms with van der Waals surface area (Å²) in [4.78, 5) is 0. The molecule has 3 aliphatic carbocycles. The number of rotatable bonds is 2. The van der Waals surface area contributed by atoms with E-state index < -0.39 is 0 Å². The summed E-state index contributed by atoms with van der Waals surface area (Å²) in [5.41, 5.74) is 4.57. The summed E-state index contributed by atoms with van der Waals surface area (Å²) in [5, 5.41) is 0. The maximum atomic E-state index is 2.46. The lowest BCUT2D eigenvalue weighted by Crippen LogP contribution is -2.34. The van der Waals surface area contributed by atoms with Crippen molar-refractivity contribution in [1.82, 2.24) is 0 Å². The average Bonchev–Trinajstić information content (AvgIpc) is 3.29. The van der Waals surface area contributed by atoms with Gasteiger partial charge < -0.3 is 0 Å². The first-order valence-electron chi connectivity index (χ1n) is 10.1. The largest absolute Gasteiger partial charge is 0.0622 e. The van der Waals surface area contributed by atoms with Gasteiger partial charge in [-0.05, 0) is 65.5 Å². The lowest BCUT2D eigenvalue weighted by Gasteiger charge is -2.43. The van der Waals surface area contributed by atoms with Gasteiger partial charge in [-0.2, -0.15) is 0 Å². The van der Waals surface area contributed by atoms with Gasteiger partial charge in [0.05, 0.1) is 0 Å². The zero-order chi connectivity index (χ0) is 15.9. The Kier molecular flexibility index (Phi) is 3.73. The Morgan fingerprint density at radius 1 is 0.625 bits per heavy atom.